The smallest absolute Gasteiger partial charge is 0.263 e. The molecule has 1 atom stereocenters. The number of nitrogens with zero attached hydrogens (tertiary/aromatic N) is 6. The molecule has 1 aliphatic rings. The highest BCUT2D eigenvalue weighted by atomic mass is 35.5. The summed E-state index contributed by atoms with van der Waals surface area (Å²) < 4.78 is 30.2. The number of aryl methyl sites for hydroxylation is 2. The van der Waals surface area contributed by atoms with E-state index < -0.39 is 10.0 Å². The van der Waals surface area contributed by atoms with E-state index in [1.165, 1.54) is 15.2 Å². The third-order valence-corrected chi connectivity index (χ3v) is 6.27. The third kappa shape index (κ3) is 2.53. The van der Waals surface area contributed by atoms with Crippen molar-refractivity contribution in [1.82, 2.24) is 28.6 Å². The number of sulfonamides is 1. The topological polar surface area (TPSA) is 85.9 Å². The Labute approximate surface area is 133 Å². The lowest BCUT2D eigenvalue weighted by Crippen LogP contribution is -2.40. The van der Waals surface area contributed by atoms with Crippen LogP contribution < -0.4 is 0 Å². The molecule has 2 aromatic heterocycles. The predicted molar refractivity (Wildman–Crippen MR) is 80.0 cm³/mol. The van der Waals surface area contributed by atoms with Gasteiger partial charge in [0.2, 0.25) is 5.03 Å². The van der Waals surface area contributed by atoms with E-state index in [1.807, 2.05) is 11.6 Å². The van der Waals surface area contributed by atoms with Crippen LogP contribution in [0.25, 0.3) is 0 Å². The first-order valence-electron chi connectivity index (χ1n) is 6.92. The van der Waals surface area contributed by atoms with E-state index in [2.05, 4.69) is 15.2 Å². The fourth-order valence-corrected chi connectivity index (χ4v) is 4.63. The monoisotopic (exact) mass is 344 g/mol. The van der Waals surface area contributed by atoms with Crippen LogP contribution in [0.2, 0.25) is 5.15 Å². The molecule has 3 rings (SSSR count). The van der Waals surface area contributed by atoms with Crippen molar-refractivity contribution in [3.8, 4) is 0 Å². The van der Waals surface area contributed by atoms with Crippen molar-refractivity contribution in [2.45, 2.75) is 23.8 Å². The number of hydrogen-bond donors (Lipinski definition) is 0. The maximum Gasteiger partial charge on any atom is 0.263 e. The Bertz CT molecular complexity index is 783. The zero-order valence-electron chi connectivity index (χ0n) is 12.3. The van der Waals surface area contributed by atoms with Crippen molar-refractivity contribution >= 4 is 21.6 Å². The van der Waals surface area contributed by atoms with Gasteiger partial charge < -0.3 is 9.13 Å². The first kappa shape index (κ1) is 15.4. The van der Waals surface area contributed by atoms with Gasteiger partial charge in [-0.05, 0) is 12.8 Å². The molecule has 10 heteroatoms. The van der Waals surface area contributed by atoms with Gasteiger partial charge >= 0.3 is 0 Å². The number of hydrogen-bond acceptors (Lipinski definition) is 5. The van der Waals surface area contributed by atoms with Crippen LogP contribution in [-0.2, 0) is 24.1 Å². The minimum atomic E-state index is -3.70. The summed E-state index contributed by atoms with van der Waals surface area (Å²) in [6, 6.07) is 0. The van der Waals surface area contributed by atoms with Crippen molar-refractivity contribution in [3.63, 3.8) is 0 Å². The summed E-state index contributed by atoms with van der Waals surface area (Å²) in [5.74, 6) is 0.825. The van der Waals surface area contributed by atoms with Gasteiger partial charge in [-0.15, -0.1) is 10.2 Å². The largest absolute Gasteiger partial charge is 0.324 e. The summed E-state index contributed by atoms with van der Waals surface area (Å²) in [5, 5.41) is 8.00. The molecule has 0 bridgehead atoms. The maximum absolute atomic E-state index is 12.7. The van der Waals surface area contributed by atoms with Gasteiger partial charge in [-0.2, -0.15) is 4.31 Å². The molecule has 1 saturated heterocycles. The SMILES string of the molecule is Cn1cnnc1[C@@H]1CCCN(S(=O)(=O)c2ncn(C)c2Cl)C1. The first-order valence-corrected chi connectivity index (χ1v) is 8.74. The van der Waals surface area contributed by atoms with E-state index in [4.69, 9.17) is 11.6 Å². The maximum atomic E-state index is 12.7. The molecule has 0 N–H and O–H groups in total. The summed E-state index contributed by atoms with van der Waals surface area (Å²) in [6.07, 6.45) is 4.67. The minimum absolute atomic E-state index is 0.0264. The van der Waals surface area contributed by atoms with Crippen LogP contribution in [0, 0.1) is 0 Å². The Morgan fingerprint density at radius 1 is 1.27 bits per heavy atom. The summed E-state index contributed by atoms with van der Waals surface area (Å²) >= 11 is 6.04. The molecular formula is C12H17ClN6O2S. The van der Waals surface area contributed by atoms with Crippen LogP contribution >= 0.6 is 11.6 Å². The summed E-state index contributed by atoms with van der Waals surface area (Å²) in [4.78, 5) is 3.94. The van der Waals surface area contributed by atoms with E-state index in [1.54, 1.807) is 13.4 Å². The van der Waals surface area contributed by atoms with Gasteiger partial charge in [0.15, 0.2) is 0 Å². The molecular weight excluding hydrogens is 328 g/mol. The molecule has 3 heterocycles. The molecule has 22 heavy (non-hydrogen) atoms. The molecule has 0 aliphatic carbocycles. The second-order valence-electron chi connectivity index (χ2n) is 5.45. The van der Waals surface area contributed by atoms with Gasteiger partial charge in [0.25, 0.3) is 10.0 Å². The molecule has 0 aromatic carbocycles. The highest BCUT2D eigenvalue weighted by Crippen LogP contribution is 2.30. The lowest BCUT2D eigenvalue weighted by molar-refractivity contribution is 0.305. The van der Waals surface area contributed by atoms with E-state index >= 15 is 0 Å². The number of piperidine rings is 1. The van der Waals surface area contributed by atoms with E-state index in [9.17, 15) is 8.42 Å². The predicted octanol–water partition coefficient (Wildman–Crippen LogP) is 0.770. The van der Waals surface area contributed by atoms with Crippen LogP contribution in [0.3, 0.4) is 0 Å². The number of imidazole rings is 1. The highest BCUT2D eigenvalue weighted by Gasteiger charge is 2.35. The minimum Gasteiger partial charge on any atom is -0.324 e. The summed E-state index contributed by atoms with van der Waals surface area (Å²) in [7, 11) is -0.178. The van der Waals surface area contributed by atoms with Crippen molar-refractivity contribution in [3.05, 3.63) is 23.6 Å². The van der Waals surface area contributed by atoms with Crippen molar-refractivity contribution in [1.29, 1.82) is 0 Å². The molecule has 1 fully saturated rings. The van der Waals surface area contributed by atoms with E-state index in [0.29, 0.717) is 13.1 Å². The standard InChI is InChI=1S/C12H17ClN6O2S/c1-17-7-14-12(10(17)13)22(20,21)19-5-3-4-9(6-19)11-16-15-8-18(11)2/h7-9H,3-6H2,1-2H3/t9-/m1/s1. The zero-order valence-corrected chi connectivity index (χ0v) is 13.9. The van der Waals surface area contributed by atoms with Crippen molar-refractivity contribution < 1.29 is 8.42 Å². The first-order chi connectivity index (χ1) is 10.4. The number of rotatable bonds is 3. The fraction of sp³-hybridized carbons (Fsp3) is 0.583. The van der Waals surface area contributed by atoms with Crippen molar-refractivity contribution in [2.75, 3.05) is 13.1 Å². The van der Waals surface area contributed by atoms with Crippen LogP contribution in [-0.4, -0.2) is 50.1 Å². The van der Waals surface area contributed by atoms with E-state index in [-0.39, 0.29) is 16.1 Å². The lowest BCUT2D eigenvalue weighted by atomic mass is 9.99. The van der Waals surface area contributed by atoms with Gasteiger partial charge in [-0.25, -0.2) is 13.4 Å². The molecule has 0 saturated carbocycles. The molecule has 8 nitrogen and oxygen atoms in total. The molecule has 0 spiro atoms. The molecule has 0 amide bonds. The summed E-state index contributed by atoms with van der Waals surface area (Å²) in [6.45, 7) is 0.825. The fourth-order valence-electron chi connectivity index (χ4n) is 2.72. The quantitative estimate of drug-likeness (QED) is 0.821. The third-order valence-electron chi connectivity index (χ3n) is 3.91. The van der Waals surface area contributed by atoms with Crippen LogP contribution in [0.15, 0.2) is 17.7 Å². The van der Waals surface area contributed by atoms with Crippen LogP contribution in [0.4, 0.5) is 0 Å². The average molecular weight is 345 g/mol. The van der Waals surface area contributed by atoms with Gasteiger partial charge in [0.1, 0.15) is 17.3 Å². The van der Waals surface area contributed by atoms with Crippen LogP contribution in [0.1, 0.15) is 24.6 Å². The Morgan fingerprint density at radius 2 is 2.05 bits per heavy atom. The molecule has 0 radical (unpaired) electrons. The second kappa shape index (κ2) is 5.64. The number of halogens is 1. The lowest BCUT2D eigenvalue weighted by Gasteiger charge is -2.30. The van der Waals surface area contributed by atoms with E-state index in [0.717, 1.165) is 18.7 Å². The Kier molecular flexibility index (Phi) is 3.96. The Hall–Kier alpha value is -1.45. The summed E-state index contributed by atoms with van der Waals surface area (Å²) in [5.41, 5.74) is 0. The molecule has 0 unspecified atom stereocenters. The molecule has 1 aliphatic heterocycles. The van der Waals surface area contributed by atoms with Gasteiger partial charge in [0, 0.05) is 33.1 Å². The van der Waals surface area contributed by atoms with Crippen LogP contribution in [0.5, 0.6) is 0 Å². The second-order valence-corrected chi connectivity index (χ2v) is 7.66. The average Bonchev–Trinajstić information content (AvgIpc) is 3.06. The Balaban J connectivity index is 1.88. The van der Waals surface area contributed by atoms with Gasteiger partial charge in [0.05, 0.1) is 6.33 Å². The molecule has 2 aromatic rings. The Morgan fingerprint density at radius 3 is 2.64 bits per heavy atom. The highest BCUT2D eigenvalue weighted by molar-refractivity contribution is 7.89. The normalized spacial score (nSPS) is 20.4. The van der Waals surface area contributed by atoms with Gasteiger partial charge in [-0.1, -0.05) is 11.6 Å². The zero-order chi connectivity index (χ0) is 15.9. The van der Waals surface area contributed by atoms with Gasteiger partial charge in [-0.3, -0.25) is 0 Å². The number of aromatic nitrogens is 5. The van der Waals surface area contributed by atoms with Crippen molar-refractivity contribution in [2.24, 2.45) is 14.1 Å². The molecule has 120 valence electrons.